The molecular weight excluding hydrogens is 712 g/mol. The van der Waals surface area contributed by atoms with E-state index in [1.54, 1.807) is 42.5 Å². The molecular formula is C41H38N2O12. The third kappa shape index (κ3) is 14.3. The first-order valence-corrected chi connectivity index (χ1v) is 16.6. The summed E-state index contributed by atoms with van der Waals surface area (Å²) in [6.07, 6.45) is 4.94. The van der Waals surface area contributed by atoms with Crippen molar-refractivity contribution < 1.29 is 57.5 Å². The fraction of sp³-hybridized carbons (Fsp3) is 0.146. The Hall–Kier alpha value is -7.35. The maximum absolute atomic E-state index is 12.5. The quantitative estimate of drug-likeness (QED) is 0.0371. The lowest BCUT2D eigenvalue weighted by Gasteiger charge is -2.11. The summed E-state index contributed by atoms with van der Waals surface area (Å²) in [4.78, 5) is 60.9. The fourth-order valence-electron chi connectivity index (χ4n) is 4.50. The number of ether oxygens (including phenoxy) is 6. The van der Waals surface area contributed by atoms with Crippen LogP contribution < -0.4 is 29.6 Å². The molecule has 0 aliphatic carbocycles. The van der Waals surface area contributed by atoms with E-state index in [-0.39, 0.29) is 42.0 Å². The molecule has 0 heterocycles. The number of alkyl carbamates (subject to hydrolysis) is 2. The Morgan fingerprint density at radius 1 is 0.582 bits per heavy atom. The molecule has 0 saturated heterocycles. The van der Waals surface area contributed by atoms with Crippen molar-refractivity contribution >= 4 is 42.1 Å². The number of carbonyl (C=O) groups excluding carboxylic acids is 5. The van der Waals surface area contributed by atoms with Crippen molar-refractivity contribution in [2.75, 3.05) is 27.3 Å². The van der Waals surface area contributed by atoms with E-state index in [2.05, 4.69) is 10.6 Å². The summed E-state index contributed by atoms with van der Waals surface area (Å²) in [5.41, 5.74) is 2.67. The highest BCUT2D eigenvalue weighted by molar-refractivity contribution is 6.02. The Kier molecular flexibility index (Phi) is 15.6. The second-order valence-electron chi connectivity index (χ2n) is 11.2. The van der Waals surface area contributed by atoms with Gasteiger partial charge in [0, 0.05) is 6.08 Å². The van der Waals surface area contributed by atoms with Gasteiger partial charge in [-0.3, -0.25) is 4.79 Å². The number of allylic oxidation sites excluding steroid dienone is 3. The Balaban J connectivity index is 1.23. The van der Waals surface area contributed by atoms with Crippen LogP contribution >= 0.6 is 0 Å². The molecule has 0 atom stereocenters. The van der Waals surface area contributed by atoms with Gasteiger partial charge in [-0.1, -0.05) is 84.9 Å². The Bertz CT molecular complexity index is 2040. The lowest BCUT2D eigenvalue weighted by molar-refractivity contribution is -0.134. The molecule has 0 bridgehead atoms. The Labute approximate surface area is 316 Å². The average molecular weight is 751 g/mol. The highest BCUT2D eigenvalue weighted by Gasteiger charge is 2.14. The summed E-state index contributed by atoms with van der Waals surface area (Å²) >= 11 is 0. The van der Waals surface area contributed by atoms with Gasteiger partial charge < -0.3 is 44.2 Å². The minimum Gasteiger partial charge on any atom is -0.508 e. The van der Waals surface area contributed by atoms with Crippen molar-refractivity contribution in [3.05, 3.63) is 143 Å². The lowest BCUT2D eigenvalue weighted by Crippen LogP contribution is -2.32. The highest BCUT2D eigenvalue weighted by Crippen LogP contribution is 2.30. The predicted octanol–water partition coefficient (Wildman–Crippen LogP) is 6.11. The number of aliphatic hydroxyl groups excluding tert-OH is 1. The van der Waals surface area contributed by atoms with Gasteiger partial charge in [0.2, 0.25) is 0 Å². The fourth-order valence-corrected chi connectivity index (χ4v) is 4.50. The summed E-state index contributed by atoms with van der Waals surface area (Å²) in [7, 11) is 2.75. The molecule has 0 aromatic heterocycles. The van der Waals surface area contributed by atoms with Crippen LogP contribution in [0.3, 0.4) is 0 Å². The molecule has 0 unspecified atom stereocenters. The van der Waals surface area contributed by atoms with Crippen molar-refractivity contribution in [1.29, 1.82) is 0 Å². The van der Waals surface area contributed by atoms with Crippen molar-refractivity contribution in [2.45, 2.75) is 13.2 Å². The van der Waals surface area contributed by atoms with Crippen LogP contribution in [0.5, 0.6) is 23.0 Å². The molecule has 2 amide bonds. The van der Waals surface area contributed by atoms with Crippen LogP contribution in [0.15, 0.2) is 121 Å². The zero-order valence-corrected chi connectivity index (χ0v) is 29.9. The summed E-state index contributed by atoms with van der Waals surface area (Å²) in [6.45, 7) is -0.793. The van der Waals surface area contributed by atoms with Crippen LogP contribution in [0.1, 0.15) is 22.3 Å². The second-order valence-corrected chi connectivity index (χ2v) is 11.2. The normalized spacial score (nSPS) is 11.1. The topological polar surface area (TPSA) is 185 Å². The number of methoxy groups -OCH3 is 2. The largest absolute Gasteiger partial charge is 0.508 e. The van der Waals surface area contributed by atoms with E-state index in [0.29, 0.717) is 11.1 Å². The number of hydrogen-bond acceptors (Lipinski definition) is 12. The SMILES string of the molecule is COc1cc(/C=C/C(=O)/C=C(O)/C=C/c2ccc(OC(=O)CNC(=O)OCc3ccccc3)c(OC)c2)ccc1OC(=O)CNC(=O)OCc1ccccc1. The van der Waals surface area contributed by atoms with Gasteiger partial charge in [-0.2, -0.15) is 0 Å². The number of carbonyl (C=O) groups is 5. The minimum absolute atomic E-state index is 0.0458. The second kappa shape index (κ2) is 21.2. The smallest absolute Gasteiger partial charge is 0.407 e. The zero-order valence-electron chi connectivity index (χ0n) is 29.9. The van der Waals surface area contributed by atoms with E-state index < -0.39 is 43.0 Å². The number of aliphatic hydroxyl groups is 1. The summed E-state index contributed by atoms with van der Waals surface area (Å²) < 4.78 is 31.4. The number of esters is 2. The molecule has 0 radical (unpaired) electrons. The molecule has 0 spiro atoms. The predicted molar refractivity (Wildman–Crippen MR) is 200 cm³/mol. The maximum Gasteiger partial charge on any atom is 0.407 e. The van der Waals surface area contributed by atoms with Gasteiger partial charge in [-0.25, -0.2) is 19.2 Å². The van der Waals surface area contributed by atoms with Crippen molar-refractivity contribution in [3.8, 4) is 23.0 Å². The summed E-state index contributed by atoms with van der Waals surface area (Å²) in [5.74, 6) is -1.80. The Morgan fingerprint density at radius 2 is 1.02 bits per heavy atom. The molecule has 284 valence electrons. The first kappa shape index (κ1) is 40.4. The van der Waals surface area contributed by atoms with Crippen molar-refractivity contribution in [2.24, 2.45) is 0 Å². The van der Waals surface area contributed by atoms with E-state index in [1.165, 1.54) is 56.7 Å². The van der Waals surface area contributed by atoms with Gasteiger partial charge in [0.1, 0.15) is 32.1 Å². The monoisotopic (exact) mass is 750 g/mol. The first-order valence-electron chi connectivity index (χ1n) is 16.6. The number of benzene rings is 4. The summed E-state index contributed by atoms with van der Waals surface area (Å²) in [6, 6.07) is 27.3. The molecule has 0 aliphatic rings. The molecule has 0 saturated carbocycles. The third-order valence-corrected chi connectivity index (χ3v) is 7.18. The van der Waals surface area contributed by atoms with E-state index in [0.717, 1.165) is 17.2 Å². The molecule has 0 fully saturated rings. The highest BCUT2D eigenvalue weighted by atomic mass is 16.6. The Morgan fingerprint density at radius 3 is 1.45 bits per heavy atom. The van der Waals surface area contributed by atoms with Gasteiger partial charge >= 0.3 is 24.1 Å². The number of rotatable bonds is 17. The van der Waals surface area contributed by atoms with Gasteiger partial charge in [0.15, 0.2) is 28.8 Å². The van der Waals surface area contributed by atoms with E-state index >= 15 is 0 Å². The third-order valence-electron chi connectivity index (χ3n) is 7.18. The van der Waals surface area contributed by atoms with Crippen molar-refractivity contribution in [1.82, 2.24) is 10.6 Å². The van der Waals surface area contributed by atoms with Gasteiger partial charge in [-0.15, -0.1) is 0 Å². The average Bonchev–Trinajstić information content (AvgIpc) is 3.20. The van der Waals surface area contributed by atoms with Crippen LogP contribution in [-0.4, -0.2) is 62.3 Å². The van der Waals surface area contributed by atoms with Crippen LogP contribution in [-0.2, 0) is 37.1 Å². The van der Waals surface area contributed by atoms with Crippen LogP contribution in [0.25, 0.3) is 12.2 Å². The van der Waals surface area contributed by atoms with E-state index in [4.69, 9.17) is 28.4 Å². The molecule has 4 aromatic carbocycles. The van der Waals surface area contributed by atoms with Crippen LogP contribution in [0.4, 0.5) is 9.59 Å². The molecule has 4 rings (SSSR count). The summed E-state index contributed by atoms with van der Waals surface area (Å²) in [5, 5.41) is 15.0. The number of hydrogen-bond donors (Lipinski definition) is 3. The van der Waals surface area contributed by atoms with Crippen LogP contribution in [0, 0.1) is 0 Å². The number of ketones is 1. The number of nitrogens with one attached hydrogen (secondary N) is 2. The molecule has 4 aromatic rings. The molecule has 14 heteroatoms. The van der Waals surface area contributed by atoms with E-state index in [1.807, 2.05) is 36.4 Å². The minimum atomic E-state index is -0.783. The van der Waals surface area contributed by atoms with E-state index in [9.17, 15) is 29.1 Å². The lowest BCUT2D eigenvalue weighted by atomic mass is 10.1. The molecule has 14 nitrogen and oxygen atoms in total. The van der Waals surface area contributed by atoms with Gasteiger partial charge in [0.05, 0.1) is 14.2 Å². The molecule has 3 N–H and O–H groups in total. The van der Waals surface area contributed by atoms with Gasteiger partial charge in [-0.05, 0) is 58.7 Å². The molecule has 0 aliphatic heterocycles. The standard InChI is InChI=1S/C41H38N2O12/c1-50-36-21-28(15-19-34(36)54-38(46)24-42-40(48)52-26-30-9-5-3-6-10-30)13-17-32(44)23-33(45)18-14-29-16-20-35(37(22-29)51-2)55-39(47)25-43-41(49)53-27-31-11-7-4-8-12-31/h3-23,44H,24-27H2,1-2H3,(H,42,48)(H,43,49)/b17-13+,18-14+,32-23-. The van der Waals surface area contributed by atoms with Crippen molar-refractivity contribution in [3.63, 3.8) is 0 Å². The maximum atomic E-state index is 12.5. The van der Waals surface area contributed by atoms with Gasteiger partial charge in [0.25, 0.3) is 0 Å². The zero-order chi connectivity index (χ0) is 39.4. The molecule has 55 heavy (non-hydrogen) atoms. The number of amides is 2. The first-order chi connectivity index (χ1) is 26.6. The van der Waals surface area contributed by atoms with Crippen LogP contribution in [0.2, 0.25) is 0 Å².